The van der Waals surface area contributed by atoms with Gasteiger partial charge in [0.1, 0.15) is 0 Å². The summed E-state index contributed by atoms with van der Waals surface area (Å²) >= 11 is 0. The molecule has 0 saturated carbocycles. The Morgan fingerprint density at radius 1 is 1.29 bits per heavy atom. The van der Waals surface area contributed by atoms with Gasteiger partial charge in [-0.3, -0.25) is 4.79 Å². The highest BCUT2D eigenvalue weighted by Gasteiger charge is 2.16. The van der Waals surface area contributed by atoms with E-state index in [9.17, 15) is 4.79 Å². The van der Waals surface area contributed by atoms with Gasteiger partial charge in [0.2, 0.25) is 0 Å². The smallest absolute Gasteiger partial charge is 0.251 e. The zero-order chi connectivity index (χ0) is 16.0. The van der Waals surface area contributed by atoms with Crippen LogP contribution in [0.15, 0.2) is 18.2 Å². The van der Waals surface area contributed by atoms with Crippen LogP contribution in [0, 0.1) is 12.8 Å². The van der Waals surface area contributed by atoms with Crippen LogP contribution in [0.4, 0.5) is 5.69 Å². The standard InChI is InChI=1S/C17H29N3O/c1-12(2)9-15(11-20(5)6)19-17(21)14-7-8-16(18-4)13(3)10-14/h7-8,10,12,15,18H,9,11H2,1-6H3,(H,19,21). The molecule has 0 saturated heterocycles. The van der Waals surface area contributed by atoms with Crippen LogP contribution >= 0.6 is 0 Å². The Labute approximate surface area is 128 Å². The highest BCUT2D eigenvalue weighted by molar-refractivity contribution is 5.95. The third-order valence-corrected chi connectivity index (χ3v) is 3.43. The highest BCUT2D eigenvalue weighted by Crippen LogP contribution is 2.16. The molecule has 0 heterocycles. The first-order valence-electron chi connectivity index (χ1n) is 7.57. The number of amides is 1. The fourth-order valence-corrected chi connectivity index (χ4v) is 2.54. The maximum absolute atomic E-state index is 12.4. The molecule has 1 aromatic carbocycles. The largest absolute Gasteiger partial charge is 0.388 e. The lowest BCUT2D eigenvalue weighted by Gasteiger charge is -2.24. The lowest BCUT2D eigenvalue weighted by atomic mass is 10.0. The summed E-state index contributed by atoms with van der Waals surface area (Å²) in [7, 11) is 5.95. The number of carbonyl (C=O) groups excluding carboxylic acids is 1. The minimum atomic E-state index is 0.00764. The topological polar surface area (TPSA) is 44.4 Å². The van der Waals surface area contributed by atoms with Crippen LogP contribution in [0.5, 0.6) is 0 Å². The molecule has 0 fully saturated rings. The van der Waals surface area contributed by atoms with E-state index in [1.165, 1.54) is 0 Å². The summed E-state index contributed by atoms with van der Waals surface area (Å²) in [6.45, 7) is 7.23. The minimum Gasteiger partial charge on any atom is -0.388 e. The van der Waals surface area contributed by atoms with Crippen molar-refractivity contribution in [3.8, 4) is 0 Å². The van der Waals surface area contributed by atoms with Gasteiger partial charge in [0.05, 0.1) is 0 Å². The van der Waals surface area contributed by atoms with Crippen molar-refractivity contribution >= 4 is 11.6 Å². The van der Waals surface area contributed by atoms with Gasteiger partial charge in [0.15, 0.2) is 0 Å². The first kappa shape index (κ1) is 17.5. The Kier molecular flexibility index (Phi) is 6.69. The number of rotatable bonds is 7. The van der Waals surface area contributed by atoms with Gasteiger partial charge in [-0.05, 0) is 57.1 Å². The average molecular weight is 291 g/mol. The highest BCUT2D eigenvalue weighted by atomic mass is 16.1. The second-order valence-electron chi connectivity index (χ2n) is 6.34. The molecular formula is C17H29N3O. The SMILES string of the molecule is CNc1ccc(C(=O)NC(CC(C)C)CN(C)C)cc1C. The quantitative estimate of drug-likeness (QED) is 0.812. The van der Waals surface area contributed by atoms with Gasteiger partial charge < -0.3 is 15.5 Å². The van der Waals surface area contributed by atoms with E-state index in [2.05, 4.69) is 29.4 Å². The average Bonchev–Trinajstić information content (AvgIpc) is 2.36. The number of hydrogen-bond donors (Lipinski definition) is 2. The Morgan fingerprint density at radius 2 is 1.95 bits per heavy atom. The molecule has 0 aliphatic carbocycles. The Balaban J connectivity index is 2.78. The summed E-state index contributed by atoms with van der Waals surface area (Å²) in [5, 5.41) is 6.28. The summed E-state index contributed by atoms with van der Waals surface area (Å²) in [6, 6.07) is 5.93. The fourth-order valence-electron chi connectivity index (χ4n) is 2.54. The van der Waals surface area contributed by atoms with Crippen LogP contribution in [0.25, 0.3) is 0 Å². The van der Waals surface area contributed by atoms with Crippen molar-refractivity contribution in [3.63, 3.8) is 0 Å². The Morgan fingerprint density at radius 3 is 2.43 bits per heavy atom. The van der Waals surface area contributed by atoms with Gasteiger partial charge in [0, 0.05) is 30.9 Å². The van der Waals surface area contributed by atoms with Crippen LogP contribution in [0.2, 0.25) is 0 Å². The number of hydrogen-bond acceptors (Lipinski definition) is 3. The third kappa shape index (κ3) is 5.76. The number of nitrogens with one attached hydrogen (secondary N) is 2. The number of benzene rings is 1. The van der Waals surface area contributed by atoms with E-state index < -0.39 is 0 Å². The van der Waals surface area contributed by atoms with Crippen LogP contribution in [0.1, 0.15) is 36.2 Å². The molecule has 0 aliphatic heterocycles. The zero-order valence-electron chi connectivity index (χ0n) is 14.2. The summed E-state index contributed by atoms with van der Waals surface area (Å²) in [4.78, 5) is 14.5. The summed E-state index contributed by atoms with van der Waals surface area (Å²) in [5.74, 6) is 0.567. The van der Waals surface area contributed by atoms with Gasteiger partial charge in [0.25, 0.3) is 5.91 Å². The molecule has 0 spiro atoms. The van der Waals surface area contributed by atoms with Crippen molar-refractivity contribution in [1.82, 2.24) is 10.2 Å². The van der Waals surface area contributed by atoms with Crippen molar-refractivity contribution in [2.75, 3.05) is 33.0 Å². The summed E-state index contributed by atoms with van der Waals surface area (Å²) < 4.78 is 0. The molecular weight excluding hydrogens is 262 g/mol. The number of carbonyl (C=O) groups is 1. The predicted octanol–water partition coefficient (Wildman–Crippen LogP) is 2.74. The number of nitrogens with zero attached hydrogens (tertiary/aromatic N) is 1. The van der Waals surface area contributed by atoms with E-state index in [-0.39, 0.29) is 11.9 Å². The summed E-state index contributed by atoms with van der Waals surface area (Å²) in [5.41, 5.74) is 2.86. The molecule has 0 aliphatic rings. The van der Waals surface area contributed by atoms with Gasteiger partial charge in [-0.1, -0.05) is 13.8 Å². The van der Waals surface area contributed by atoms with E-state index in [1.54, 1.807) is 0 Å². The summed E-state index contributed by atoms with van der Waals surface area (Å²) in [6.07, 6.45) is 0.984. The molecule has 0 aromatic heterocycles. The zero-order valence-corrected chi connectivity index (χ0v) is 14.2. The van der Waals surface area contributed by atoms with Crippen LogP contribution < -0.4 is 10.6 Å². The van der Waals surface area contributed by atoms with Crippen LogP contribution in [-0.4, -0.2) is 44.5 Å². The van der Waals surface area contributed by atoms with Crippen molar-refractivity contribution in [2.24, 2.45) is 5.92 Å². The normalized spacial score (nSPS) is 12.6. The molecule has 1 rings (SSSR count). The second-order valence-corrected chi connectivity index (χ2v) is 6.34. The number of anilines is 1. The first-order chi connectivity index (χ1) is 9.83. The second kappa shape index (κ2) is 8.03. The first-order valence-corrected chi connectivity index (χ1v) is 7.57. The van der Waals surface area contributed by atoms with Gasteiger partial charge in [-0.25, -0.2) is 0 Å². The van der Waals surface area contributed by atoms with Crippen molar-refractivity contribution in [3.05, 3.63) is 29.3 Å². The van der Waals surface area contributed by atoms with Gasteiger partial charge in [-0.15, -0.1) is 0 Å². The number of aryl methyl sites for hydroxylation is 1. The molecule has 1 aromatic rings. The molecule has 1 unspecified atom stereocenters. The molecule has 4 heteroatoms. The fraction of sp³-hybridized carbons (Fsp3) is 0.588. The van der Waals surface area contributed by atoms with E-state index in [0.717, 1.165) is 29.8 Å². The molecule has 21 heavy (non-hydrogen) atoms. The van der Waals surface area contributed by atoms with Crippen LogP contribution in [0.3, 0.4) is 0 Å². The van der Waals surface area contributed by atoms with E-state index in [1.807, 2.05) is 46.3 Å². The molecule has 4 nitrogen and oxygen atoms in total. The lowest BCUT2D eigenvalue weighted by molar-refractivity contribution is 0.0924. The van der Waals surface area contributed by atoms with Crippen molar-refractivity contribution < 1.29 is 4.79 Å². The minimum absolute atomic E-state index is 0.00764. The lowest BCUT2D eigenvalue weighted by Crippen LogP contribution is -2.42. The van der Waals surface area contributed by atoms with E-state index >= 15 is 0 Å². The van der Waals surface area contributed by atoms with Crippen molar-refractivity contribution in [1.29, 1.82) is 0 Å². The molecule has 1 atom stereocenters. The van der Waals surface area contributed by atoms with Crippen LogP contribution in [-0.2, 0) is 0 Å². The maximum atomic E-state index is 12.4. The van der Waals surface area contributed by atoms with E-state index in [4.69, 9.17) is 0 Å². The molecule has 0 bridgehead atoms. The molecule has 0 radical (unpaired) electrons. The molecule has 118 valence electrons. The Bertz CT molecular complexity index is 459. The van der Waals surface area contributed by atoms with Gasteiger partial charge >= 0.3 is 0 Å². The monoisotopic (exact) mass is 291 g/mol. The van der Waals surface area contributed by atoms with Crippen molar-refractivity contribution in [2.45, 2.75) is 33.2 Å². The van der Waals surface area contributed by atoms with E-state index in [0.29, 0.717) is 5.92 Å². The Hall–Kier alpha value is -1.55. The predicted molar refractivity (Wildman–Crippen MR) is 90.0 cm³/mol. The third-order valence-electron chi connectivity index (χ3n) is 3.43. The van der Waals surface area contributed by atoms with Gasteiger partial charge in [-0.2, -0.15) is 0 Å². The maximum Gasteiger partial charge on any atom is 0.251 e. The number of likely N-dealkylation sites (N-methyl/N-ethyl adjacent to an activating group) is 1. The molecule has 2 N–H and O–H groups in total. The molecule has 1 amide bonds.